The van der Waals surface area contributed by atoms with Crippen molar-refractivity contribution in [2.45, 2.75) is 13.0 Å². The lowest BCUT2D eigenvalue weighted by molar-refractivity contribution is -0.117. The quantitative estimate of drug-likeness (QED) is 0.574. The van der Waals surface area contributed by atoms with E-state index in [0.717, 1.165) is 11.3 Å². The standard InChI is InChI=1S/C19H16N4O2/c1-14(15-4-2-5-17(10-15)23-8-7-21-13-23)22-19(24)16(12-20)11-18-6-3-9-25-18/h2-11,13-14H,1H3,(H,22,24)/b16-11-/t14-/m1/s1. The summed E-state index contributed by atoms with van der Waals surface area (Å²) in [5.74, 6) is 0.0147. The highest BCUT2D eigenvalue weighted by Gasteiger charge is 2.14. The number of benzene rings is 1. The third-order valence-corrected chi connectivity index (χ3v) is 3.72. The Morgan fingerprint density at radius 2 is 2.28 bits per heavy atom. The zero-order chi connectivity index (χ0) is 17.6. The Morgan fingerprint density at radius 1 is 1.40 bits per heavy atom. The lowest BCUT2D eigenvalue weighted by Gasteiger charge is -2.15. The Balaban J connectivity index is 1.75. The van der Waals surface area contributed by atoms with E-state index in [1.165, 1.54) is 12.3 Å². The summed E-state index contributed by atoms with van der Waals surface area (Å²) >= 11 is 0. The van der Waals surface area contributed by atoms with Gasteiger partial charge in [-0.15, -0.1) is 0 Å². The average Bonchev–Trinajstić information content (AvgIpc) is 3.33. The van der Waals surface area contributed by atoms with Gasteiger partial charge in [0.15, 0.2) is 0 Å². The zero-order valence-corrected chi connectivity index (χ0v) is 13.6. The first-order chi connectivity index (χ1) is 12.2. The van der Waals surface area contributed by atoms with Crippen molar-refractivity contribution in [3.8, 4) is 11.8 Å². The summed E-state index contributed by atoms with van der Waals surface area (Å²) in [7, 11) is 0. The molecule has 0 bridgehead atoms. The predicted octanol–water partition coefficient (Wildman–Crippen LogP) is 3.25. The van der Waals surface area contributed by atoms with Crippen LogP contribution in [0.3, 0.4) is 0 Å². The van der Waals surface area contributed by atoms with Crippen LogP contribution in [0.2, 0.25) is 0 Å². The first-order valence-corrected chi connectivity index (χ1v) is 7.72. The predicted molar refractivity (Wildman–Crippen MR) is 92.4 cm³/mol. The molecule has 1 atom stereocenters. The van der Waals surface area contributed by atoms with E-state index in [9.17, 15) is 10.1 Å². The summed E-state index contributed by atoms with van der Waals surface area (Å²) in [5, 5.41) is 12.1. The van der Waals surface area contributed by atoms with Crippen LogP contribution in [0.25, 0.3) is 11.8 Å². The molecule has 0 saturated heterocycles. The number of hydrogen-bond donors (Lipinski definition) is 1. The van der Waals surface area contributed by atoms with Crippen LogP contribution in [0.4, 0.5) is 0 Å². The number of carbonyl (C=O) groups is 1. The van der Waals surface area contributed by atoms with E-state index < -0.39 is 5.91 Å². The van der Waals surface area contributed by atoms with Gasteiger partial charge in [-0.3, -0.25) is 4.79 Å². The van der Waals surface area contributed by atoms with Crippen molar-refractivity contribution in [1.29, 1.82) is 5.26 Å². The highest BCUT2D eigenvalue weighted by Crippen LogP contribution is 2.17. The van der Waals surface area contributed by atoms with Gasteiger partial charge >= 0.3 is 0 Å². The van der Waals surface area contributed by atoms with Crippen LogP contribution in [0.5, 0.6) is 0 Å². The van der Waals surface area contributed by atoms with E-state index in [2.05, 4.69) is 10.3 Å². The fourth-order valence-corrected chi connectivity index (χ4v) is 2.39. The molecule has 124 valence electrons. The lowest BCUT2D eigenvalue weighted by atomic mass is 10.1. The third kappa shape index (κ3) is 3.85. The monoisotopic (exact) mass is 332 g/mol. The van der Waals surface area contributed by atoms with Crippen molar-refractivity contribution in [1.82, 2.24) is 14.9 Å². The van der Waals surface area contributed by atoms with Gasteiger partial charge in [0, 0.05) is 24.2 Å². The van der Waals surface area contributed by atoms with E-state index in [1.807, 2.05) is 48.0 Å². The summed E-state index contributed by atoms with van der Waals surface area (Å²) in [5.41, 5.74) is 1.87. The summed E-state index contributed by atoms with van der Waals surface area (Å²) in [4.78, 5) is 16.4. The molecule has 2 aromatic heterocycles. The molecule has 3 aromatic rings. The maximum atomic E-state index is 12.3. The van der Waals surface area contributed by atoms with E-state index in [4.69, 9.17) is 4.42 Å². The van der Waals surface area contributed by atoms with E-state index in [0.29, 0.717) is 5.76 Å². The van der Waals surface area contributed by atoms with E-state index >= 15 is 0 Å². The number of amides is 1. The Morgan fingerprint density at radius 3 is 2.96 bits per heavy atom. The highest BCUT2D eigenvalue weighted by atomic mass is 16.3. The highest BCUT2D eigenvalue weighted by molar-refractivity contribution is 6.01. The number of nitrogens with zero attached hydrogens (tertiary/aromatic N) is 3. The normalized spacial score (nSPS) is 12.4. The molecule has 6 nitrogen and oxygen atoms in total. The maximum Gasteiger partial charge on any atom is 0.262 e. The van der Waals surface area contributed by atoms with Crippen molar-refractivity contribution >= 4 is 12.0 Å². The summed E-state index contributed by atoms with van der Waals surface area (Å²) < 4.78 is 7.03. The second kappa shape index (κ2) is 7.32. The minimum absolute atomic E-state index is 0.00689. The van der Waals surface area contributed by atoms with Gasteiger partial charge in [0.25, 0.3) is 5.91 Å². The van der Waals surface area contributed by atoms with Crippen LogP contribution in [0.15, 0.2) is 71.4 Å². The molecule has 0 saturated carbocycles. The van der Waals surface area contributed by atoms with Gasteiger partial charge < -0.3 is 14.3 Å². The molecule has 0 spiro atoms. The molecule has 0 aliphatic heterocycles. The zero-order valence-electron chi connectivity index (χ0n) is 13.6. The SMILES string of the molecule is C[C@@H](NC(=O)/C(C#N)=C\c1ccco1)c1cccc(-n2ccnc2)c1. The lowest BCUT2D eigenvalue weighted by Crippen LogP contribution is -2.27. The van der Waals surface area contributed by atoms with Crippen molar-refractivity contribution < 1.29 is 9.21 Å². The van der Waals surface area contributed by atoms with Gasteiger partial charge in [-0.25, -0.2) is 4.98 Å². The van der Waals surface area contributed by atoms with Gasteiger partial charge in [0.1, 0.15) is 17.4 Å². The van der Waals surface area contributed by atoms with Gasteiger partial charge in [-0.2, -0.15) is 5.26 Å². The summed E-state index contributed by atoms with van der Waals surface area (Å²) in [6, 6.07) is 12.8. The Hall–Kier alpha value is -3.59. The molecule has 25 heavy (non-hydrogen) atoms. The molecule has 1 N–H and O–H groups in total. The number of nitriles is 1. The molecule has 0 aliphatic rings. The van der Waals surface area contributed by atoms with Crippen molar-refractivity contribution in [2.24, 2.45) is 0 Å². The molecule has 0 unspecified atom stereocenters. The number of hydrogen-bond acceptors (Lipinski definition) is 4. The molecule has 0 aliphatic carbocycles. The molecule has 1 amide bonds. The number of furan rings is 1. The molecule has 1 aromatic carbocycles. The van der Waals surface area contributed by atoms with E-state index in [1.54, 1.807) is 24.7 Å². The fraction of sp³-hybridized carbons (Fsp3) is 0.105. The second-order valence-electron chi connectivity index (χ2n) is 5.45. The van der Waals surface area contributed by atoms with Crippen molar-refractivity contribution in [2.75, 3.05) is 0 Å². The maximum absolute atomic E-state index is 12.3. The number of rotatable bonds is 5. The number of imidazole rings is 1. The van der Waals surface area contributed by atoms with Crippen molar-refractivity contribution in [3.63, 3.8) is 0 Å². The molecule has 2 heterocycles. The summed E-state index contributed by atoms with van der Waals surface area (Å²) in [6.07, 6.45) is 8.17. The molecular weight excluding hydrogens is 316 g/mol. The Bertz CT molecular complexity index is 919. The minimum Gasteiger partial charge on any atom is -0.465 e. The van der Waals surface area contributed by atoms with Crippen LogP contribution in [-0.2, 0) is 4.79 Å². The van der Waals surface area contributed by atoms with E-state index in [-0.39, 0.29) is 11.6 Å². The van der Waals surface area contributed by atoms with Crippen LogP contribution in [0, 0.1) is 11.3 Å². The molecule has 0 radical (unpaired) electrons. The fourth-order valence-electron chi connectivity index (χ4n) is 2.39. The van der Waals surface area contributed by atoms with Crippen LogP contribution < -0.4 is 5.32 Å². The van der Waals surface area contributed by atoms with Crippen LogP contribution in [0.1, 0.15) is 24.3 Å². The van der Waals surface area contributed by atoms with Crippen molar-refractivity contribution in [3.05, 3.63) is 78.3 Å². The molecular formula is C19H16N4O2. The van der Waals surface area contributed by atoms with Gasteiger partial charge in [-0.05, 0) is 36.8 Å². The van der Waals surface area contributed by atoms with Gasteiger partial charge in [-0.1, -0.05) is 12.1 Å². The second-order valence-corrected chi connectivity index (χ2v) is 5.45. The number of nitrogens with one attached hydrogen (secondary N) is 1. The Kier molecular flexibility index (Phi) is 4.77. The topological polar surface area (TPSA) is 83.9 Å². The molecule has 6 heteroatoms. The number of carbonyl (C=O) groups excluding carboxylic acids is 1. The van der Waals surface area contributed by atoms with Gasteiger partial charge in [0.05, 0.1) is 18.6 Å². The third-order valence-electron chi connectivity index (χ3n) is 3.72. The first-order valence-electron chi connectivity index (χ1n) is 7.72. The van der Waals surface area contributed by atoms with Crippen LogP contribution >= 0.6 is 0 Å². The largest absolute Gasteiger partial charge is 0.465 e. The number of aromatic nitrogens is 2. The molecule has 3 rings (SSSR count). The smallest absolute Gasteiger partial charge is 0.262 e. The minimum atomic E-state index is -0.445. The van der Waals surface area contributed by atoms with Gasteiger partial charge in [0.2, 0.25) is 0 Å². The molecule has 0 fully saturated rings. The average molecular weight is 332 g/mol. The first kappa shape index (κ1) is 16.3. The summed E-state index contributed by atoms with van der Waals surface area (Å²) in [6.45, 7) is 1.87. The van der Waals surface area contributed by atoms with Crippen LogP contribution in [-0.4, -0.2) is 15.5 Å². The Labute approximate surface area is 145 Å².